The maximum Gasteiger partial charge on any atom is 0.0135 e. The van der Waals surface area contributed by atoms with Crippen molar-refractivity contribution in [3.8, 4) is 0 Å². The number of rotatable bonds is 0. The van der Waals surface area contributed by atoms with Crippen LogP contribution in [0.25, 0.3) is 0 Å². The molecule has 0 amide bonds. The Balaban J connectivity index is -0.00000000667. The van der Waals surface area contributed by atoms with Crippen molar-refractivity contribution in [2.24, 2.45) is 0 Å². The van der Waals surface area contributed by atoms with Gasteiger partial charge in [-0.1, -0.05) is 13.1 Å². The van der Waals surface area contributed by atoms with Gasteiger partial charge in [-0.15, -0.1) is 24.8 Å². The Bertz CT molecular complexity index is 11.5. The van der Waals surface area contributed by atoms with Crippen LogP contribution in [0.4, 0.5) is 0 Å². The van der Waals surface area contributed by atoms with Gasteiger partial charge in [-0.25, -0.2) is 0 Å². The third-order valence-electron chi connectivity index (χ3n) is 0. The molecule has 0 spiro atoms. The van der Waals surface area contributed by atoms with Crippen LogP contribution in [0.3, 0.4) is 0 Å². The normalized spacial score (nSPS) is 3.00. The molecule has 0 atom stereocenters. The number of halogens is 2. The van der Waals surface area contributed by atoms with Crippen molar-refractivity contribution >= 4 is 34.3 Å². The van der Waals surface area contributed by atoms with Gasteiger partial charge < -0.3 is 0 Å². The van der Waals surface area contributed by atoms with Crippen LogP contribution in [0.5, 0.6) is 0 Å². The second-order valence-electron chi connectivity index (χ2n) is 0.707. The van der Waals surface area contributed by atoms with E-state index in [0.717, 1.165) is 0 Å². The van der Waals surface area contributed by atoms with Crippen LogP contribution in [0.2, 0.25) is 13.1 Å². The summed E-state index contributed by atoms with van der Waals surface area (Å²) >= 11 is 0. The molecule has 6 heavy (non-hydrogen) atoms. The van der Waals surface area contributed by atoms with Gasteiger partial charge in [0.05, 0.1) is 0 Å². The molecule has 40 valence electrons. The van der Waals surface area contributed by atoms with Crippen LogP contribution in [0, 0.1) is 0 Å². The van der Waals surface area contributed by atoms with Crippen LogP contribution >= 0.6 is 24.8 Å². The van der Waals surface area contributed by atoms with Crippen molar-refractivity contribution in [2.75, 3.05) is 0 Å². The molecule has 0 saturated heterocycles. The van der Waals surface area contributed by atoms with E-state index in [4.69, 9.17) is 0 Å². The summed E-state index contributed by atoms with van der Waals surface area (Å²) in [6.45, 7) is 4.53. The molecule has 0 fully saturated rings. The molecule has 0 radical (unpaired) electrons. The van der Waals surface area contributed by atoms with Gasteiger partial charge in [0.15, 0.2) is 0 Å². The van der Waals surface area contributed by atoms with E-state index in [1.165, 1.54) is 0 Å². The zero-order valence-corrected chi connectivity index (χ0v) is 9.53. The second kappa shape index (κ2) is 30.0. The summed E-state index contributed by atoms with van der Waals surface area (Å²) in [6, 6.07) is 0. The first-order valence-corrected chi connectivity index (χ1v) is 4.24. The van der Waals surface area contributed by atoms with Crippen molar-refractivity contribution < 1.29 is 26.2 Å². The fourth-order valence-corrected chi connectivity index (χ4v) is 0. The molecule has 0 aromatic rings. The summed E-state index contributed by atoms with van der Waals surface area (Å²) in [5, 5.41) is 0. The molecule has 0 aliphatic carbocycles. The summed E-state index contributed by atoms with van der Waals surface area (Å²) in [5.41, 5.74) is 0. The van der Waals surface area contributed by atoms with Gasteiger partial charge in [0, 0.05) is 35.7 Å². The fraction of sp³-hybridized carbons (Fsp3) is 1.00. The Morgan fingerprint density at radius 3 is 1.00 bits per heavy atom. The van der Waals surface area contributed by atoms with Crippen LogP contribution < -0.4 is 0 Å². The van der Waals surface area contributed by atoms with E-state index in [1.807, 2.05) is 0 Å². The zero-order chi connectivity index (χ0) is 2.71. The average Bonchev–Trinajstić information content (AvgIpc) is 0.918. The van der Waals surface area contributed by atoms with Crippen molar-refractivity contribution in [1.29, 1.82) is 0 Å². The first kappa shape index (κ1) is 25.3. The van der Waals surface area contributed by atoms with Crippen molar-refractivity contribution in [3.63, 3.8) is 0 Å². The molecule has 0 N–H and O–H groups in total. The Labute approximate surface area is 73.2 Å². The van der Waals surface area contributed by atoms with Gasteiger partial charge in [-0.2, -0.15) is 0 Å². The van der Waals surface area contributed by atoms with E-state index in [1.54, 1.807) is 0 Å². The van der Waals surface area contributed by atoms with Crippen LogP contribution in [-0.4, -0.2) is 9.52 Å². The summed E-state index contributed by atoms with van der Waals surface area (Å²) in [5.74, 6) is 0. The first-order valence-electron chi connectivity index (χ1n) is 1.41. The molecular weight excluding hydrogens is 214 g/mol. The minimum absolute atomic E-state index is 0. The molecule has 0 rings (SSSR count). The Kier molecular flexibility index (Phi) is 127. The predicted molar refractivity (Wildman–Crippen MR) is 34.8 cm³/mol. The molecule has 0 aromatic carbocycles. The molecule has 0 aliphatic rings. The molecule has 0 aliphatic heterocycles. The summed E-state index contributed by atoms with van der Waals surface area (Å²) in [4.78, 5) is 0. The maximum atomic E-state index is 2.26. The third-order valence-corrected chi connectivity index (χ3v) is 0. The largest absolute Gasteiger partial charge is 0.147 e. The minimum Gasteiger partial charge on any atom is -0.147 e. The molecular formula is C2H10Cl2SiZr. The quantitative estimate of drug-likeness (QED) is 0.540. The van der Waals surface area contributed by atoms with Gasteiger partial charge >= 0.3 is 0 Å². The summed E-state index contributed by atoms with van der Waals surface area (Å²) in [6.07, 6.45) is 0. The molecule has 0 saturated carbocycles. The zero-order valence-electron chi connectivity index (χ0n) is 4.02. The number of hydrogen-bond acceptors (Lipinski definition) is 0. The van der Waals surface area contributed by atoms with E-state index in [9.17, 15) is 0 Å². The standard InChI is InChI=1S/C2H8Si.2ClH.Zr/c1-3-2;;;/h3H2,1-2H3;2*1H;. The minimum atomic E-state index is 0. The van der Waals surface area contributed by atoms with Crippen LogP contribution in [-0.2, 0) is 26.2 Å². The summed E-state index contributed by atoms with van der Waals surface area (Å²) < 4.78 is 0. The molecule has 0 heterocycles. The maximum absolute atomic E-state index is 2.26. The molecule has 0 bridgehead atoms. The van der Waals surface area contributed by atoms with Gasteiger partial charge in [-0.3, -0.25) is 0 Å². The predicted octanol–water partition coefficient (Wildman–Crippen LogP) is 1.09. The van der Waals surface area contributed by atoms with E-state index in [-0.39, 0.29) is 51.0 Å². The van der Waals surface area contributed by atoms with E-state index < -0.39 is 0 Å². The average molecular weight is 224 g/mol. The van der Waals surface area contributed by atoms with E-state index in [2.05, 4.69) is 13.1 Å². The molecule has 0 aromatic heterocycles. The van der Waals surface area contributed by atoms with Crippen molar-refractivity contribution in [1.82, 2.24) is 0 Å². The number of hydrogen-bond donors (Lipinski definition) is 0. The van der Waals surface area contributed by atoms with Crippen LogP contribution in [0.1, 0.15) is 0 Å². The third kappa shape index (κ3) is 44.1. The topological polar surface area (TPSA) is 0 Å². The van der Waals surface area contributed by atoms with Crippen molar-refractivity contribution in [3.05, 3.63) is 0 Å². The SMILES string of the molecule is C[SiH2]C.Cl.Cl.[Zr]. The Hall–Kier alpha value is 1.68. The molecule has 0 unspecified atom stereocenters. The van der Waals surface area contributed by atoms with Gasteiger partial charge in [0.1, 0.15) is 0 Å². The molecule has 0 nitrogen and oxygen atoms in total. The van der Waals surface area contributed by atoms with Gasteiger partial charge in [0.2, 0.25) is 0 Å². The Morgan fingerprint density at radius 1 is 1.00 bits per heavy atom. The molecule has 4 heteroatoms. The smallest absolute Gasteiger partial charge is 0.0135 e. The second-order valence-corrected chi connectivity index (χ2v) is 2.12. The Morgan fingerprint density at radius 2 is 1.00 bits per heavy atom. The van der Waals surface area contributed by atoms with E-state index >= 15 is 0 Å². The summed E-state index contributed by atoms with van der Waals surface area (Å²) in [7, 11) is 0.417. The van der Waals surface area contributed by atoms with Crippen LogP contribution in [0.15, 0.2) is 0 Å². The van der Waals surface area contributed by atoms with Crippen molar-refractivity contribution in [2.45, 2.75) is 13.1 Å². The fourth-order valence-electron chi connectivity index (χ4n) is 0. The van der Waals surface area contributed by atoms with Gasteiger partial charge in [-0.05, 0) is 0 Å². The van der Waals surface area contributed by atoms with E-state index in [0.29, 0.717) is 9.52 Å². The first-order chi connectivity index (χ1) is 1.41. The van der Waals surface area contributed by atoms with Gasteiger partial charge in [0.25, 0.3) is 0 Å². The monoisotopic (exact) mass is 222 g/mol.